The number of thiazole rings is 1. The fraction of sp³-hybridized carbons (Fsp3) is 0.286. The highest BCUT2D eigenvalue weighted by atomic mass is 32.1. The number of benzene rings is 1. The minimum Gasteiger partial charge on any atom is -0.309 e. The predicted molar refractivity (Wildman–Crippen MR) is 74.6 cm³/mol. The molecule has 3 nitrogen and oxygen atoms in total. The van der Waals surface area contributed by atoms with Crippen molar-refractivity contribution in [2.45, 2.75) is 13.3 Å². The molecule has 4 heteroatoms. The summed E-state index contributed by atoms with van der Waals surface area (Å²) in [6.45, 7) is 3.13. The van der Waals surface area contributed by atoms with Crippen LogP contribution in [0.15, 0.2) is 30.3 Å². The van der Waals surface area contributed by atoms with Crippen LogP contribution in [0.2, 0.25) is 0 Å². The lowest BCUT2D eigenvalue weighted by Gasteiger charge is -1.98. The summed E-state index contributed by atoms with van der Waals surface area (Å²) in [6.07, 6.45) is 2.66. The molecule has 1 heterocycles. The van der Waals surface area contributed by atoms with E-state index in [1.54, 1.807) is 11.3 Å². The lowest BCUT2D eigenvalue weighted by Crippen LogP contribution is -2.19. The minimum atomic E-state index is 0.286. The Labute approximate surface area is 111 Å². The van der Waals surface area contributed by atoms with Crippen molar-refractivity contribution in [2.75, 3.05) is 13.1 Å². The molecule has 0 aliphatic heterocycles. The van der Waals surface area contributed by atoms with Crippen LogP contribution >= 0.6 is 11.3 Å². The molecule has 0 unspecified atom stereocenters. The zero-order chi connectivity index (χ0) is 12.8. The van der Waals surface area contributed by atoms with Gasteiger partial charge in [0, 0.05) is 23.4 Å². The summed E-state index contributed by atoms with van der Waals surface area (Å²) in [5, 5.41) is 4.06. The number of hydrogen-bond acceptors (Lipinski definition) is 4. The van der Waals surface area contributed by atoms with Gasteiger partial charge in [-0.05, 0) is 6.92 Å². The fourth-order valence-electron chi connectivity index (χ4n) is 1.71. The molecule has 0 aliphatic carbocycles. The molecule has 0 saturated heterocycles. The van der Waals surface area contributed by atoms with Crippen LogP contribution in [-0.4, -0.2) is 24.4 Å². The first kappa shape index (κ1) is 12.9. The Hall–Kier alpha value is -1.52. The first-order chi connectivity index (χ1) is 8.81. The third-order valence-corrected chi connectivity index (χ3v) is 3.71. The van der Waals surface area contributed by atoms with Crippen LogP contribution in [-0.2, 0) is 11.2 Å². The van der Waals surface area contributed by atoms with Crippen LogP contribution in [0.25, 0.3) is 10.6 Å². The van der Waals surface area contributed by atoms with E-state index in [4.69, 9.17) is 0 Å². The lowest BCUT2D eigenvalue weighted by atomic mass is 10.2. The maximum absolute atomic E-state index is 10.1. The SMILES string of the molecule is Cc1sc(-c2ccccc2)nc1CCNC[C]=O. The third kappa shape index (κ3) is 3.24. The Balaban J connectivity index is 2.05. The average Bonchev–Trinajstić information content (AvgIpc) is 2.77. The first-order valence-corrected chi connectivity index (χ1v) is 6.70. The zero-order valence-electron chi connectivity index (χ0n) is 10.3. The van der Waals surface area contributed by atoms with E-state index in [1.165, 1.54) is 4.88 Å². The quantitative estimate of drug-likeness (QED) is 0.810. The molecule has 1 aromatic heterocycles. The molecule has 0 spiro atoms. The van der Waals surface area contributed by atoms with Crippen LogP contribution in [0, 0.1) is 6.92 Å². The largest absolute Gasteiger partial charge is 0.309 e. The predicted octanol–water partition coefficient (Wildman–Crippen LogP) is 2.36. The van der Waals surface area contributed by atoms with Crippen LogP contribution in [0.3, 0.4) is 0 Å². The number of aromatic nitrogens is 1. The number of carbonyl (C=O) groups excluding carboxylic acids is 1. The van der Waals surface area contributed by atoms with Gasteiger partial charge >= 0.3 is 0 Å². The van der Waals surface area contributed by atoms with Crippen molar-refractivity contribution in [2.24, 2.45) is 0 Å². The van der Waals surface area contributed by atoms with Gasteiger partial charge in [0.25, 0.3) is 0 Å². The van der Waals surface area contributed by atoms with Crippen molar-refractivity contribution in [3.05, 3.63) is 40.9 Å². The van der Waals surface area contributed by atoms with Gasteiger partial charge in [0.15, 0.2) is 0 Å². The molecular formula is C14H15N2OS. The van der Waals surface area contributed by atoms with Gasteiger partial charge in [-0.25, -0.2) is 4.98 Å². The number of nitrogens with zero attached hydrogens (tertiary/aromatic N) is 1. The summed E-state index contributed by atoms with van der Waals surface area (Å²) in [6, 6.07) is 10.2. The first-order valence-electron chi connectivity index (χ1n) is 5.88. The van der Waals surface area contributed by atoms with Gasteiger partial charge in [-0.3, -0.25) is 4.79 Å². The van der Waals surface area contributed by atoms with Gasteiger partial charge < -0.3 is 5.32 Å². The molecule has 0 amide bonds. The highest BCUT2D eigenvalue weighted by Crippen LogP contribution is 2.27. The number of aryl methyl sites for hydroxylation is 1. The second-order valence-corrected chi connectivity index (χ2v) is 5.16. The van der Waals surface area contributed by atoms with E-state index < -0.39 is 0 Å². The summed E-state index contributed by atoms with van der Waals surface area (Å²) in [5.74, 6) is 0. The van der Waals surface area contributed by atoms with Crippen LogP contribution < -0.4 is 5.32 Å². The fourth-order valence-corrected chi connectivity index (χ4v) is 2.68. The minimum absolute atomic E-state index is 0.286. The molecular weight excluding hydrogens is 244 g/mol. The second kappa shape index (κ2) is 6.42. The van der Waals surface area contributed by atoms with Crippen molar-refractivity contribution in [1.29, 1.82) is 0 Å². The van der Waals surface area contributed by atoms with Gasteiger partial charge in [0.2, 0.25) is 6.29 Å². The summed E-state index contributed by atoms with van der Waals surface area (Å²) < 4.78 is 0. The molecule has 0 atom stereocenters. The Morgan fingerprint density at radius 2 is 2.11 bits per heavy atom. The summed E-state index contributed by atoms with van der Waals surface area (Å²) in [5.41, 5.74) is 2.27. The number of nitrogens with one attached hydrogen (secondary N) is 1. The van der Waals surface area contributed by atoms with Crippen molar-refractivity contribution >= 4 is 17.6 Å². The Kier molecular flexibility index (Phi) is 4.61. The number of rotatable bonds is 6. The molecule has 0 aliphatic rings. The zero-order valence-corrected chi connectivity index (χ0v) is 11.1. The van der Waals surface area contributed by atoms with Gasteiger partial charge in [-0.15, -0.1) is 11.3 Å². The van der Waals surface area contributed by atoms with Crippen LogP contribution in [0.5, 0.6) is 0 Å². The van der Waals surface area contributed by atoms with E-state index in [1.807, 2.05) is 24.5 Å². The van der Waals surface area contributed by atoms with Gasteiger partial charge in [-0.1, -0.05) is 30.3 Å². The molecule has 1 N–H and O–H groups in total. The molecule has 0 saturated carbocycles. The summed E-state index contributed by atoms with van der Waals surface area (Å²) >= 11 is 1.72. The molecule has 18 heavy (non-hydrogen) atoms. The maximum Gasteiger partial charge on any atom is 0.213 e. The second-order valence-electron chi connectivity index (χ2n) is 3.96. The highest BCUT2D eigenvalue weighted by Gasteiger charge is 2.08. The molecule has 1 aromatic carbocycles. The van der Waals surface area contributed by atoms with Crippen molar-refractivity contribution in [3.8, 4) is 10.6 Å². The Morgan fingerprint density at radius 1 is 1.33 bits per heavy atom. The van der Waals surface area contributed by atoms with E-state index in [-0.39, 0.29) is 6.54 Å². The molecule has 2 aromatic rings. The van der Waals surface area contributed by atoms with E-state index in [9.17, 15) is 4.79 Å². The van der Waals surface area contributed by atoms with Crippen molar-refractivity contribution in [1.82, 2.24) is 10.3 Å². The number of hydrogen-bond donors (Lipinski definition) is 1. The molecule has 0 fully saturated rings. The van der Waals surface area contributed by atoms with E-state index in [0.717, 1.165) is 29.2 Å². The highest BCUT2D eigenvalue weighted by molar-refractivity contribution is 7.15. The van der Waals surface area contributed by atoms with Gasteiger partial charge in [0.1, 0.15) is 5.01 Å². The summed E-state index contributed by atoms with van der Waals surface area (Å²) in [4.78, 5) is 16.0. The van der Waals surface area contributed by atoms with Crippen LogP contribution in [0.1, 0.15) is 10.6 Å². The third-order valence-electron chi connectivity index (χ3n) is 2.65. The Morgan fingerprint density at radius 3 is 2.83 bits per heavy atom. The molecule has 1 radical (unpaired) electrons. The van der Waals surface area contributed by atoms with E-state index in [0.29, 0.717) is 0 Å². The smallest absolute Gasteiger partial charge is 0.213 e. The van der Waals surface area contributed by atoms with Gasteiger partial charge in [-0.2, -0.15) is 0 Å². The monoisotopic (exact) mass is 259 g/mol. The van der Waals surface area contributed by atoms with Crippen molar-refractivity contribution in [3.63, 3.8) is 0 Å². The summed E-state index contributed by atoms with van der Waals surface area (Å²) in [7, 11) is 0. The van der Waals surface area contributed by atoms with E-state index in [2.05, 4.69) is 29.4 Å². The topological polar surface area (TPSA) is 42.0 Å². The van der Waals surface area contributed by atoms with Crippen LogP contribution in [0.4, 0.5) is 0 Å². The lowest BCUT2D eigenvalue weighted by molar-refractivity contribution is 0.548. The molecule has 2 rings (SSSR count). The van der Waals surface area contributed by atoms with Crippen molar-refractivity contribution < 1.29 is 4.79 Å². The average molecular weight is 259 g/mol. The van der Waals surface area contributed by atoms with Gasteiger partial charge in [0.05, 0.1) is 12.2 Å². The molecule has 93 valence electrons. The maximum atomic E-state index is 10.1. The molecule has 0 bridgehead atoms. The normalized spacial score (nSPS) is 10.5. The Bertz CT molecular complexity index is 508. The standard InChI is InChI=1S/C14H15N2OS/c1-11-13(7-8-15-9-10-17)16-14(18-11)12-5-3-2-4-6-12/h2-6,15H,7-9H2,1H3. The van der Waals surface area contributed by atoms with E-state index >= 15 is 0 Å².